The number of carbonyl (C=O) groups is 1. The number of amides is 1. The number of nitrogens with one attached hydrogen (secondary N) is 1. The normalized spacial score (nSPS) is 11.8. The van der Waals surface area contributed by atoms with Gasteiger partial charge < -0.3 is 4.74 Å². The lowest BCUT2D eigenvalue weighted by molar-refractivity contribution is -0.274. The zero-order chi connectivity index (χ0) is 21.1. The van der Waals surface area contributed by atoms with E-state index in [2.05, 4.69) is 15.3 Å². The van der Waals surface area contributed by atoms with E-state index in [0.29, 0.717) is 0 Å². The second-order valence-corrected chi connectivity index (χ2v) is 6.50. The molecule has 1 N–H and O–H groups in total. The largest absolute Gasteiger partial charge is 0.573 e. The van der Waals surface area contributed by atoms with Crippen molar-refractivity contribution in [3.63, 3.8) is 0 Å². The fourth-order valence-corrected chi connectivity index (χ4v) is 3.22. The minimum absolute atomic E-state index is 0.157. The molecule has 0 heterocycles. The quantitative estimate of drug-likeness (QED) is 0.269. The number of hydrazone groups is 1. The Morgan fingerprint density at radius 3 is 2.20 bits per heavy atom. The van der Waals surface area contributed by atoms with Crippen LogP contribution < -0.4 is 10.2 Å². The van der Waals surface area contributed by atoms with E-state index in [4.69, 9.17) is 0 Å². The zero-order valence-corrected chi connectivity index (χ0v) is 15.5. The van der Waals surface area contributed by atoms with Gasteiger partial charge in [0.1, 0.15) is 5.75 Å². The molecule has 1 amide bonds. The maximum absolute atomic E-state index is 12.2. The van der Waals surface area contributed by atoms with Gasteiger partial charge in [-0.1, -0.05) is 48.5 Å². The van der Waals surface area contributed by atoms with Crippen LogP contribution in [0.2, 0.25) is 0 Å². The molecule has 0 atom stereocenters. The molecule has 0 aliphatic carbocycles. The highest BCUT2D eigenvalue weighted by molar-refractivity contribution is 6.14. The van der Waals surface area contributed by atoms with Gasteiger partial charge in [-0.2, -0.15) is 5.10 Å². The molecule has 0 saturated heterocycles. The topological polar surface area (TPSA) is 50.7 Å². The van der Waals surface area contributed by atoms with Crippen molar-refractivity contribution in [1.82, 2.24) is 5.43 Å². The molecule has 0 aliphatic rings. The summed E-state index contributed by atoms with van der Waals surface area (Å²) in [7, 11) is 0. The summed E-state index contributed by atoms with van der Waals surface area (Å²) < 4.78 is 40.4. The Labute approximate surface area is 169 Å². The van der Waals surface area contributed by atoms with Crippen molar-refractivity contribution in [1.29, 1.82) is 0 Å². The number of fused-ring (bicyclic) bond motifs is 3. The number of nitrogens with zero attached hydrogens (tertiary/aromatic N) is 1. The molecule has 0 aromatic heterocycles. The molecule has 4 aromatic carbocycles. The minimum Gasteiger partial charge on any atom is -0.406 e. The fourth-order valence-electron chi connectivity index (χ4n) is 3.22. The predicted octanol–water partition coefficient (Wildman–Crippen LogP) is 5.66. The summed E-state index contributed by atoms with van der Waals surface area (Å²) in [5.41, 5.74) is 3.38. The number of benzene rings is 4. The maximum atomic E-state index is 12.2. The molecule has 7 heteroatoms. The van der Waals surface area contributed by atoms with Crippen LogP contribution in [-0.4, -0.2) is 18.5 Å². The summed E-state index contributed by atoms with van der Waals surface area (Å²) in [6.45, 7) is 0. The minimum atomic E-state index is -4.78. The van der Waals surface area contributed by atoms with Gasteiger partial charge in [-0.3, -0.25) is 4.79 Å². The van der Waals surface area contributed by atoms with Crippen LogP contribution in [0.25, 0.3) is 21.5 Å². The Hall–Kier alpha value is -3.87. The molecular weight excluding hydrogens is 393 g/mol. The predicted molar refractivity (Wildman–Crippen MR) is 110 cm³/mol. The van der Waals surface area contributed by atoms with Gasteiger partial charge in [-0.25, -0.2) is 5.43 Å². The fraction of sp³-hybridized carbons (Fsp3) is 0.0435. The second-order valence-electron chi connectivity index (χ2n) is 6.50. The SMILES string of the molecule is O=C(N/N=C/c1cc2ccccc2c2ccccc12)c1ccc(OC(F)(F)F)cc1. The smallest absolute Gasteiger partial charge is 0.406 e. The second kappa shape index (κ2) is 7.87. The van der Waals surface area contributed by atoms with Crippen molar-refractivity contribution in [2.75, 3.05) is 0 Å². The first-order valence-electron chi connectivity index (χ1n) is 9.00. The first-order valence-corrected chi connectivity index (χ1v) is 9.00. The van der Waals surface area contributed by atoms with E-state index in [9.17, 15) is 18.0 Å². The Kier molecular flexibility index (Phi) is 5.10. The molecule has 0 aliphatic heterocycles. The van der Waals surface area contributed by atoms with Gasteiger partial charge >= 0.3 is 6.36 Å². The zero-order valence-electron chi connectivity index (χ0n) is 15.5. The van der Waals surface area contributed by atoms with Crippen LogP contribution in [0, 0.1) is 0 Å². The van der Waals surface area contributed by atoms with Gasteiger partial charge in [-0.15, -0.1) is 13.2 Å². The summed E-state index contributed by atoms with van der Waals surface area (Å²) >= 11 is 0. The van der Waals surface area contributed by atoms with Crippen LogP contribution in [0.4, 0.5) is 13.2 Å². The van der Waals surface area contributed by atoms with Crippen LogP contribution in [0.5, 0.6) is 5.75 Å². The standard InChI is InChI=1S/C23H15F3N2O2/c24-23(25,26)30-18-11-9-15(10-12-18)22(29)28-27-14-17-13-16-5-1-2-6-19(16)21-8-4-3-7-20(17)21/h1-14H,(H,28,29)/b27-14+. The first-order chi connectivity index (χ1) is 14.4. The van der Waals surface area contributed by atoms with E-state index >= 15 is 0 Å². The van der Waals surface area contributed by atoms with E-state index in [1.807, 2.05) is 54.6 Å². The van der Waals surface area contributed by atoms with Gasteiger partial charge in [0, 0.05) is 11.1 Å². The van der Waals surface area contributed by atoms with Crippen molar-refractivity contribution in [3.8, 4) is 5.75 Å². The van der Waals surface area contributed by atoms with Crippen LogP contribution in [0.3, 0.4) is 0 Å². The van der Waals surface area contributed by atoms with Crippen LogP contribution in [0.1, 0.15) is 15.9 Å². The number of carbonyl (C=O) groups excluding carboxylic acids is 1. The molecule has 0 spiro atoms. The molecule has 0 unspecified atom stereocenters. The number of ether oxygens (including phenoxy) is 1. The van der Waals surface area contributed by atoms with Gasteiger partial charge in [0.15, 0.2) is 0 Å². The average Bonchev–Trinajstić information content (AvgIpc) is 2.73. The molecule has 4 nitrogen and oxygen atoms in total. The third-order valence-electron chi connectivity index (χ3n) is 4.52. The monoisotopic (exact) mass is 408 g/mol. The molecule has 0 bridgehead atoms. The van der Waals surface area contributed by atoms with Crippen molar-refractivity contribution in [2.45, 2.75) is 6.36 Å². The molecule has 0 radical (unpaired) electrons. The van der Waals surface area contributed by atoms with E-state index < -0.39 is 18.0 Å². The Bertz CT molecular complexity index is 1250. The number of alkyl halides is 3. The number of hydrogen-bond donors (Lipinski definition) is 1. The Morgan fingerprint density at radius 2 is 1.50 bits per heavy atom. The summed E-state index contributed by atoms with van der Waals surface area (Å²) in [5.74, 6) is -0.944. The molecule has 4 rings (SSSR count). The molecule has 30 heavy (non-hydrogen) atoms. The van der Waals surface area contributed by atoms with Crippen molar-refractivity contribution >= 4 is 33.7 Å². The first kappa shape index (κ1) is 19.4. The molecule has 4 aromatic rings. The highest BCUT2D eigenvalue weighted by Gasteiger charge is 2.31. The molecule has 150 valence electrons. The van der Waals surface area contributed by atoms with E-state index in [1.165, 1.54) is 12.1 Å². The summed E-state index contributed by atoms with van der Waals surface area (Å²) in [4.78, 5) is 12.2. The van der Waals surface area contributed by atoms with E-state index in [1.54, 1.807) is 6.21 Å². The van der Waals surface area contributed by atoms with Crippen molar-refractivity contribution < 1.29 is 22.7 Å². The third kappa shape index (κ3) is 4.25. The Balaban J connectivity index is 1.54. The van der Waals surface area contributed by atoms with Crippen LogP contribution >= 0.6 is 0 Å². The lowest BCUT2D eigenvalue weighted by Gasteiger charge is -2.09. The highest BCUT2D eigenvalue weighted by Crippen LogP contribution is 2.28. The number of rotatable bonds is 4. The van der Waals surface area contributed by atoms with Gasteiger partial charge in [0.25, 0.3) is 5.91 Å². The van der Waals surface area contributed by atoms with Gasteiger partial charge in [0.2, 0.25) is 0 Å². The lowest BCUT2D eigenvalue weighted by Crippen LogP contribution is -2.19. The lowest BCUT2D eigenvalue weighted by atomic mass is 9.98. The average molecular weight is 408 g/mol. The Morgan fingerprint density at radius 1 is 0.867 bits per heavy atom. The van der Waals surface area contributed by atoms with Crippen molar-refractivity contribution in [3.05, 3.63) is 90.0 Å². The van der Waals surface area contributed by atoms with E-state index in [0.717, 1.165) is 39.2 Å². The molecule has 0 fully saturated rings. The number of hydrogen-bond acceptors (Lipinski definition) is 3. The summed E-state index contributed by atoms with van der Waals surface area (Å²) in [6, 6.07) is 22.5. The number of halogens is 3. The van der Waals surface area contributed by atoms with Gasteiger partial charge in [0.05, 0.1) is 6.21 Å². The molecular formula is C23H15F3N2O2. The van der Waals surface area contributed by atoms with Crippen LogP contribution in [-0.2, 0) is 0 Å². The van der Waals surface area contributed by atoms with Crippen molar-refractivity contribution in [2.24, 2.45) is 5.10 Å². The summed E-state index contributed by atoms with van der Waals surface area (Å²) in [5, 5.41) is 8.25. The maximum Gasteiger partial charge on any atom is 0.573 e. The third-order valence-corrected chi connectivity index (χ3v) is 4.52. The highest BCUT2D eigenvalue weighted by atomic mass is 19.4. The summed E-state index contributed by atoms with van der Waals surface area (Å²) in [6.07, 6.45) is -3.23. The van der Waals surface area contributed by atoms with Gasteiger partial charge in [-0.05, 0) is 51.9 Å². The molecule has 0 saturated carbocycles. The van der Waals surface area contributed by atoms with Crippen LogP contribution in [0.15, 0.2) is 84.0 Å². The van der Waals surface area contributed by atoms with E-state index in [-0.39, 0.29) is 5.56 Å².